The third-order valence-corrected chi connectivity index (χ3v) is 3.12. The maximum absolute atomic E-state index is 6.11. The van der Waals surface area contributed by atoms with Gasteiger partial charge in [-0.3, -0.25) is 0 Å². The van der Waals surface area contributed by atoms with E-state index in [1.165, 1.54) is 6.33 Å². The number of para-hydroxylation sites is 1. The molecule has 0 fully saturated rings. The van der Waals surface area contributed by atoms with E-state index in [2.05, 4.69) is 9.97 Å². The van der Waals surface area contributed by atoms with Crippen molar-refractivity contribution in [2.75, 3.05) is 24.8 Å². The van der Waals surface area contributed by atoms with Gasteiger partial charge in [-0.1, -0.05) is 29.8 Å². The lowest BCUT2D eigenvalue weighted by Gasteiger charge is -2.20. The Morgan fingerprint density at radius 1 is 1.32 bits per heavy atom. The summed E-state index contributed by atoms with van der Waals surface area (Å²) in [5.74, 6) is 1.70. The van der Waals surface area contributed by atoms with Crippen LogP contribution in [-0.2, 0) is 6.54 Å². The quantitative estimate of drug-likeness (QED) is 0.930. The molecule has 0 radical (unpaired) electrons. The topological polar surface area (TPSA) is 64.3 Å². The molecule has 2 rings (SSSR count). The number of methoxy groups -OCH3 is 1. The van der Waals surface area contributed by atoms with Gasteiger partial charge in [-0.15, -0.1) is 0 Å². The summed E-state index contributed by atoms with van der Waals surface area (Å²) < 4.78 is 5.32. The summed E-state index contributed by atoms with van der Waals surface area (Å²) in [4.78, 5) is 9.90. The van der Waals surface area contributed by atoms with Crippen molar-refractivity contribution in [2.24, 2.45) is 0 Å². The predicted molar refractivity (Wildman–Crippen MR) is 76.6 cm³/mol. The summed E-state index contributed by atoms with van der Waals surface area (Å²) in [5.41, 5.74) is 6.72. The molecular weight excluding hydrogens is 264 g/mol. The number of halogens is 1. The number of ether oxygens (including phenoxy) is 1. The molecule has 0 atom stereocenters. The molecule has 19 heavy (non-hydrogen) atoms. The molecule has 0 unspecified atom stereocenters. The zero-order valence-electron chi connectivity index (χ0n) is 10.8. The van der Waals surface area contributed by atoms with Gasteiger partial charge in [-0.25, -0.2) is 9.97 Å². The van der Waals surface area contributed by atoms with Crippen LogP contribution >= 0.6 is 11.6 Å². The van der Waals surface area contributed by atoms with Crippen LogP contribution in [0.15, 0.2) is 30.6 Å². The Balaban J connectivity index is 2.26. The highest BCUT2D eigenvalue weighted by Crippen LogP contribution is 2.28. The first kappa shape index (κ1) is 13.4. The molecule has 1 aromatic heterocycles. The van der Waals surface area contributed by atoms with Crippen molar-refractivity contribution in [1.82, 2.24) is 9.97 Å². The van der Waals surface area contributed by atoms with E-state index >= 15 is 0 Å². The first-order valence-electron chi connectivity index (χ1n) is 5.72. The van der Waals surface area contributed by atoms with Gasteiger partial charge >= 0.3 is 0 Å². The summed E-state index contributed by atoms with van der Waals surface area (Å²) in [5, 5.41) is 0.361. The van der Waals surface area contributed by atoms with Crippen molar-refractivity contribution >= 4 is 23.2 Å². The third kappa shape index (κ3) is 2.88. The second-order valence-electron chi connectivity index (χ2n) is 4.06. The molecular formula is C13H15ClN4O. The predicted octanol–water partition coefficient (Wildman–Crippen LogP) is 2.36. The number of rotatable bonds is 4. The minimum absolute atomic E-state index is 0.276. The summed E-state index contributed by atoms with van der Waals surface area (Å²) in [6, 6.07) is 7.80. The fraction of sp³-hybridized carbons (Fsp3) is 0.231. The van der Waals surface area contributed by atoms with Gasteiger partial charge in [-0.05, 0) is 6.07 Å². The van der Waals surface area contributed by atoms with Crippen LogP contribution in [0.2, 0.25) is 5.02 Å². The highest BCUT2D eigenvalue weighted by atomic mass is 35.5. The first-order chi connectivity index (χ1) is 9.13. The Morgan fingerprint density at radius 2 is 2.05 bits per heavy atom. The van der Waals surface area contributed by atoms with Gasteiger partial charge in [-0.2, -0.15) is 0 Å². The number of benzene rings is 1. The molecule has 0 saturated carbocycles. The van der Waals surface area contributed by atoms with E-state index in [9.17, 15) is 0 Å². The molecule has 6 heteroatoms. The monoisotopic (exact) mass is 278 g/mol. The molecule has 0 aliphatic rings. The maximum atomic E-state index is 6.11. The van der Waals surface area contributed by atoms with E-state index in [1.807, 2.05) is 36.2 Å². The smallest absolute Gasteiger partial charge is 0.153 e. The largest absolute Gasteiger partial charge is 0.496 e. The normalized spacial score (nSPS) is 10.3. The van der Waals surface area contributed by atoms with E-state index in [0.29, 0.717) is 17.4 Å². The van der Waals surface area contributed by atoms with Crippen molar-refractivity contribution in [3.8, 4) is 5.75 Å². The van der Waals surface area contributed by atoms with Gasteiger partial charge in [0.2, 0.25) is 0 Å². The van der Waals surface area contributed by atoms with Crippen molar-refractivity contribution in [3.63, 3.8) is 0 Å². The fourth-order valence-electron chi connectivity index (χ4n) is 1.80. The Hall–Kier alpha value is -2.01. The SMILES string of the molecule is COc1ccccc1CN(C)c1ncnc(N)c1Cl. The van der Waals surface area contributed by atoms with Crippen molar-refractivity contribution in [1.29, 1.82) is 0 Å². The van der Waals surface area contributed by atoms with Crippen LogP contribution in [0.5, 0.6) is 5.75 Å². The Bertz CT molecular complexity index is 576. The lowest BCUT2D eigenvalue weighted by Crippen LogP contribution is -2.19. The summed E-state index contributed by atoms with van der Waals surface area (Å²) in [7, 11) is 3.54. The zero-order chi connectivity index (χ0) is 13.8. The highest BCUT2D eigenvalue weighted by molar-refractivity contribution is 6.35. The van der Waals surface area contributed by atoms with Crippen LogP contribution in [-0.4, -0.2) is 24.1 Å². The molecule has 0 saturated heterocycles. The fourth-order valence-corrected chi connectivity index (χ4v) is 2.05. The van der Waals surface area contributed by atoms with Crippen LogP contribution in [0, 0.1) is 0 Å². The maximum Gasteiger partial charge on any atom is 0.153 e. The average molecular weight is 279 g/mol. The van der Waals surface area contributed by atoms with Gasteiger partial charge in [0.15, 0.2) is 5.82 Å². The van der Waals surface area contributed by atoms with Gasteiger partial charge in [0.25, 0.3) is 0 Å². The zero-order valence-corrected chi connectivity index (χ0v) is 11.6. The molecule has 0 spiro atoms. The summed E-state index contributed by atoms with van der Waals surface area (Å²) in [6.45, 7) is 0.611. The van der Waals surface area contributed by atoms with E-state index in [0.717, 1.165) is 11.3 Å². The van der Waals surface area contributed by atoms with Gasteiger partial charge in [0.05, 0.1) is 7.11 Å². The van der Waals surface area contributed by atoms with Gasteiger partial charge in [0, 0.05) is 19.2 Å². The number of nitrogens with two attached hydrogens (primary N) is 1. The lowest BCUT2D eigenvalue weighted by atomic mass is 10.2. The van der Waals surface area contributed by atoms with Crippen LogP contribution in [0.4, 0.5) is 11.6 Å². The minimum Gasteiger partial charge on any atom is -0.496 e. The molecule has 0 bridgehead atoms. The van der Waals surface area contributed by atoms with E-state index < -0.39 is 0 Å². The number of anilines is 2. The molecule has 2 aromatic rings. The average Bonchev–Trinajstić information content (AvgIpc) is 2.42. The van der Waals surface area contributed by atoms with Crippen molar-refractivity contribution in [2.45, 2.75) is 6.54 Å². The molecule has 0 amide bonds. The second kappa shape index (κ2) is 5.75. The summed E-state index contributed by atoms with van der Waals surface area (Å²) in [6.07, 6.45) is 1.40. The third-order valence-electron chi connectivity index (χ3n) is 2.76. The molecule has 0 aliphatic heterocycles. The van der Waals surface area contributed by atoms with Crippen LogP contribution in [0.1, 0.15) is 5.56 Å². The summed E-state index contributed by atoms with van der Waals surface area (Å²) >= 11 is 6.11. The van der Waals surface area contributed by atoms with Crippen LogP contribution in [0.25, 0.3) is 0 Å². The van der Waals surface area contributed by atoms with E-state index in [1.54, 1.807) is 7.11 Å². The number of aromatic nitrogens is 2. The van der Waals surface area contributed by atoms with Gasteiger partial charge < -0.3 is 15.4 Å². The van der Waals surface area contributed by atoms with Crippen molar-refractivity contribution in [3.05, 3.63) is 41.2 Å². The molecule has 2 N–H and O–H groups in total. The van der Waals surface area contributed by atoms with Crippen molar-refractivity contribution < 1.29 is 4.74 Å². The van der Waals surface area contributed by atoms with Crippen LogP contribution < -0.4 is 15.4 Å². The molecule has 0 aliphatic carbocycles. The number of nitrogens with zero attached hydrogens (tertiary/aromatic N) is 3. The second-order valence-corrected chi connectivity index (χ2v) is 4.44. The molecule has 1 heterocycles. The molecule has 5 nitrogen and oxygen atoms in total. The van der Waals surface area contributed by atoms with E-state index in [-0.39, 0.29) is 5.82 Å². The highest BCUT2D eigenvalue weighted by Gasteiger charge is 2.13. The number of hydrogen-bond donors (Lipinski definition) is 1. The molecule has 100 valence electrons. The number of hydrogen-bond acceptors (Lipinski definition) is 5. The minimum atomic E-state index is 0.276. The van der Waals surface area contributed by atoms with Gasteiger partial charge in [0.1, 0.15) is 22.9 Å². The Labute approximate surface area is 117 Å². The van der Waals surface area contributed by atoms with Crippen LogP contribution in [0.3, 0.4) is 0 Å². The standard InChI is InChI=1S/C13H15ClN4O/c1-18(13-11(14)12(15)16-8-17-13)7-9-5-3-4-6-10(9)19-2/h3-6,8H,7H2,1-2H3,(H2,15,16,17). The first-order valence-corrected chi connectivity index (χ1v) is 6.10. The Morgan fingerprint density at radius 3 is 2.79 bits per heavy atom. The lowest BCUT2D eigenvalue weighted by molar-refractivity contribution is 0.409. The number of nitrogen functional groups attached to an aromatic ring is 1. The van der Waals surface area contributed by atoms with E-state index in [4.69, 9.17) is 22.1 Å². The molecule has 1 aromatic carbocycles. The Kier molecular flexibility index (Phi) is 4.06.